The highest BCUT2D eigenvalue weighted by molar-refractivity contribution is 5.85. The van der Waals surface area contributed by atoms with Crippen LogP contribution in [-0.2, 0) is 5.41 Å². The van der Waals surface area contributed by atoms with Gasteiger partial charge >= 0.3 is 6.03 Å². The number of carbonyl (C=O) groups excluding carboxylic acids is 1. The second kappa shape index (κ2) is 6.84. The Bertz CT molecular complexity index is 439. The average molecular weight is 298 g/mol. The van der Waals surface area contributed by atoms with Gasteiger partial charge in [-0.05, 0) is 30.5 Å². The van der Waals surface area contributed by atoms with Gasteiger partial charge in [-0.25, -0.2) is 4.79 Å². The molecule has 1 aromatic rings. The molecule has 3 N–H and O–H groups in total. The van der Waals surface area contributed by atoms with Gasteiger partial charge in [0.15, 0.2) is 0 Å². The molecule has 1 aromatic carbocycles. The van der Waals surface area contributed by atoms with Crippen LogP contribution in [-0.4, -0.2) is 26.7 Å². The first kappa shape index (κ1) is 16.6. The quantitative estimate of drug-likeness (QED) is 0.897. The third kappa shape index (κ3) is 3.57. The Labute approximate surface area is 127 Å². The number of nitrogens with one attached hydrogen (secondary N) is 1. The lowest BCUT2D eigenvalue weighted by atomic mass is 9.78. The van der Waals surface area contributed by atoms with E-state index in [1.807, 2.05) is 14.1 Å². The van der Waals surface area contributed by atoms with E-state index >= 15 is 0 Å². The molecule has 1 saturated carbocycles. The number of anilines is 1. The average Bonchev–Trinajstić information content (AvgIpc) is 2.86. The highest BCUT2D eigenvalue weighted by Gasteiger charge is 2.35. The molecule has 0 aromatic heterocycles. The van der Waals surface area contributed by atoms with E-state index in [2.05, 4.69) is 34.5 Å². The summed E-state index contributed by atoms with van der Waals surface area (Å²) in [7, 11) is 4.07. The fraction of sp³-hybridized carbons (Fsp3) is 0.533. The van der Waals surface area contributed by atoms with Gasteiger partial charge in [-0.15, -0.1) is 12.4 Å². The first-order valence-corrected chi connectivity index (χ1v) is 6.85. The molecule has 0 heterocycles. The minimum absolute atomic E-state index is 0. The van der Waals surface area contributed by atoms with Crippen LogP contribution in [0.15, 0.2) is 24.3 Å². The van der Waals surface area contributed by atoms with Gasteiger partial charge in [0.25, 0.3) is 0 Å². The molecule has 0 radical (unpaired) electrons. The number of rotatable bonds is 4. The number of nitrogens with two attached hydrogens (primary N) is 1. The molecule has 0 bridgehead atoms. The summed E-state index contributed by atoms with van der Waals surface area (Å²) in [4.78, 5) is 13.1. The molecule has 0 saturated heterocycles. The number of urea groups is 1. The lowest BCUT2D eigenvalue weighted by Gasteiger charge is -2.30. The van der Waals surface area contributed by atoms with Crippen molar-refractivity contribution in [2.24, 2.45) is 5.73 Å². The highest BCUT2D eigenvalue weighted by Crippen LogP contribution is 2.41. The van der Waals surface area contributed by atoms with Crippen molar-refractivity contribution in [2.45, 2.75) is 31.1 Å². The smallest absolute Gasteiger partial charge is 0.312 e. The molecule has 20 heavy (non-hydrogen) atoms. The summed E-state index contributed by atoms with van der Waals surface area (Å²) in [5.74, 6) is 0. The minimum atomic E-state index is -0.434. The number of nitrogens with zero attached hydrogens (tertiary/aromatic N) is 1. The van der Waals surface area contributed by atoms with Gasteiger partial charge in [-0.1, -0.05) is 25.0 Å². The Hall–Kier alpha value is -1.42. The summed E-state index contributed by atoms with van der Waals surface area (Å²) in [6.45, 7) is 0.643. The lowest BCUT2D eigenvalue weighted by Crippen LogP contribution is -2.41. The second-order valence-electron chi connectivity index (χ2n) is 5.65. The van der Waals surface area contributed by atoms with Crippen molar-refractivity contribution in [3.05, 3.63) is 29.8 Å². The number of hydrogen-bond acceptors (Lipinski definition) is 2. The van der Waals surface area contributed by atoms with Crippen LogP contribution < -0.4 is 16.0 Å². The maximum absolute atomic E-state index is 11.0. The van der Waals surface area contributed by atoms with E-state index in [-0.39, 0.29) is 17.8 Å². The van der Waals surface area contributed by atoms with Crippen molar-refractivity contribution in [2.75, 3.05) is 25.5 Å². The van der Waals surface area contributed by atoms with Crippen molar-refractivity contribution >= 4 is 24.1 Å². The van der Waals surface area contributed by atoms with Gasteiger partial charge < -0.3 is 16.0 Å². The molecular weight excluding hydrogens is 274 g/mol. The molecule has 0 aliphatic heterocycles. The van der Waals surface area contributed by atoms with Gasteiger partial charge in [0.05, 0.1) is 0 Å². The number of carbonyl (C=O) groups is 1. The molecule has 112 valence electrons. The van der Waals surface area contributed by atoms with Crippen LogP contribution in [0.4, 0.5) is 10.5 Å². The van der Waals surface area contributed by atoms with Crippen LogP contribution in [0.5, 0.6) is 0 Å². The van der Waals surface area contributed by atoms with Crippen LogP contribution in [0.1, 0.15) is 31.2 Å². The predicted octanol–water partition coefficient (Wildman–Crippen LogP) is 2.65. The van der Waals surface area contributed by atoms with Gasteiger partial charge in [-0.2, -0.15) is 0 Å². The fourth-order valence-electron chi connectivity index (χ4n) is 2.99. The maximum Gasteiger partial charge on any atom is 0.312 e. The molecule has 1 aliphatic rings. The zero-order valence-corrected chi connectivity index (χ0v) is 13.0. The largest absolute Gasteiger partial charge is 0.378 e. The topological polar surface area (TPSA) is 58.4 Å². The van der Waals surface area contributed by atoms with Crippen LogP contribution >= 0.6 is 12.4 Å². The predicted molar refractivity (Wildman–Crippen MR) is 85.7 cm³/mol. The molecular formula is C15H24ClN3O. The standard InChI is InChI=1S/C15H23N3O.ClH/c1-18(2)13-7-5-12(6-8-13)15(9-3-4-10-15)11-17-14(16)19;/h5-8H,3-4,9-11H2,1-2H3,(H3,16,17,19);1H. The van der Waals surface area contributed by atoms with Crippen molar-refractivity contribution in [3.8, 4) is 0 Å². The first-order chi connectivity index (χ1) is 9.03. The molecule has 0 atom stereocenters. The molecule has 2 rings (SSSR count). The Morgan fingerprint density at radius 2 is 1.80 bits per heavy atom. The summed E-state index contributed by atoms with van der Waals surface area (Å²) in [6, 6.07) is 8.21. The lowest BCUT2D eigenvalue weighted by molar-refractivity contribution is 0.245. The SMILES string of the molecule is CN(C)c1ccc(C2(CNC(N)=O)CCCC2)cc1.Cl. The fourth-order valence-corrected chi connectivity index (χ4v) is 2.99. The zero-order valence-electron chi connectivity index (χ0n) is 12.2. The second-order valence-corrected chi connectivity index (χ2v) is 5.65. The van der Waals surface area contributed by atoms with Gasteiger partial charge in [-0.3, -0.25) is 0 Å². The summed E-state index contributed by atoms with van der Waals surface area (Å²) >= 11 is 0. The van der Waals surface area contributed by atoms with Gasteiger partial charge in [0, 0.05) is 31.7 Å². The molecule has 1 fully saturated rings. The van der Waals surface area contributed by atoms with E-state index in [9.17, 15) is 4.79 Å². The van der Waals surface area contributed by atoms with E-state index in [4.69, 9.17) is 5.73 Å². The Balaban J connectivity index is 0.00000200. The van der Waals surface area contributed by atoms with Crippen LogP contribution in [0.3, 0.4) is 0 Å². The minimum Gasteiger partial charge on any atom is -0.378 e. The molecule has 2 amide bonds. The van der Waals surface area contributed by atoms with Crippen molar-refractivity contribution in [1.82, 2.24) is 5.32 Å². The summed E-state index contributed by atoms with van der Waals surface area (Å²) in [6.07, 6.45) is 4.68. The molecule has 5 heteroatoms. The van der Waals surface area contributed by atoms with E-state index in [1.165, 1.54) is 24.1 Å². The van der Waals surface area contributed by atoms with Crippen LogP contribution in [0.25, 0.3) is 0 Å². The first-order valence-electron chi connectivity index (χ1n) is 6.85. The van der Waals surface area contributed by atoms with Crippen LogP contribution in [0.2, 0.25) is 0 Å². The third-order valence-corrected chi connectivity index (χ3v) is 4.16. The van der Waals surface area contributed by atoms with Crippen LogP contribution in [0, 0.1) is 0 Å². The molecule has 4 nitrogen and oxygen atoms in total. The number of hydrogen-bond donors (Lipinski definition) is 2. The summed E-state index contributed by atoms with van der Waals surface area (Å²) in [5, 5.41) is 2.79. The van der Waals surface area contributed by atoms with Crippen molar-refractivity contribution in [1.29, 1.82) is 0 Å². The molecule has 1 aliphatic carbocycles. The van der Waals surface area contributed by atoms with E-state index in [0.717, 1.165) is 12.8 Å². The number of benzene rings is 1. The number of amides is 2. The van der Waals surface area contributed by atoms with E-state index in [1.54, 1.807) is 0 Å². The van der Waals surface area contributed by atoms with E-state index in [0.29, 0.717) is 6.54 Å². The summed E-state index contributed by atoms with van der Waals surface area (Å²) < 4.78 is 0. The summed E-state index contributed by atoms with van der Waals surface area (Å²) in [5.41, 5.74) is 7.79. The number of primary amides is 1. The Morgan fingerprint density at radius 1 is 1.25 bits per heavy atom. The number of halogens is 1. The van der Waals surface area contributed by atoms with Crippen molar-refractivity contribution < 1.29 is 4.79 Å². The van der Waals surface area contributed by atoms with Gasteiger partial charge in [0.2, 0.25) is 0 Å². The monoisotopic (exact) mass is 297 g/mol. The molecule has 0 spiro atoms. The highest BCUT2D eigenvalue weighted by atomic mass is 35.5. The molecule has 0 unspecified atom stereocenters. The normalized spacial score (nSPS) is 16.3. The maximum atomic E-state index is 11.0. The zero-order chi connectivity index (χ0) is 13.9. The Morgan fingerprint density at radius 3 is 2.25 bits per heavy atom. The Kier molecular flexibility index (Phi) is 5.69. The van der Waals surface area contributed by atoms with Gasteiger partial charge in [0.1, 0.15) is 0 Å². The van der Waals surface area contributed by atoms with E-state index < -0.39 is 6.03 Å². The third-order valence-electron chi connectivity index (χ3n) is 4.16. The van der Waals surface area contributed by atoms with Crippen molar-refractivity contribution in [3.63, 3.8) is 0 Å².